The van der Waals surface area contributed by atoms with Gasteiger partial charge in [0.05, 0.1) is 6.10 Å². The highest BCUT2D eigenvalue weighted by molar-refractivity contribution is 7.48. The fraction of sp³-hybridized carbons (Fsp3) is 0.400. The molecule has 0 saturated carbocycles. The summed E-state index contributed by atoms with van der Waals surface area (Å²) < 4.78 is 5.62. The molecule has 0 spiro atoms. The molecule has 1 saturated heterocycles. The van der Waals surface area contributed by atoms with Gasteiger partial charge in [-0.2, -0.15) is 4.98 Å². The zero-order chi connectivity index (χ0) is 15.6. The number of anilines is 3. The van der Waals surface area contributed by atoms with E-state index in [4.69, 9.17) is 31.8 Å². The van der Waals surface area contributed by atoms with Crippen LogP contribution in [0.3, 0.4) is 0 Å². The van der Waals surface area contributed by atoms with Gasteiger partial charge < -0.3 is 26.0 Å². The second-order valence-corrected chi connectivity index (χ2v) is 5.40. The summed E-state index contributed by atoms with van der Waals surface area (Å²) >= 11 is 0. The molecule has 9 N–H and O–H groups in total. The number of nitrogens with one attached hydrogen (secondary N) is 1. The van der Waals surface area contributed by atoms with Crippen molar-refractivity contribution < 1.29 is 14.5 Å². The average molecular weight is 316 g/mol. The lowest BCUT2D eigenvalue weighted by molar-refractivity contribution is 0.0682. The number of hydrogen-bond donors (Lipinski definition) is 6. The molecular formula is C10H17N6O4P. The van der Waals surface area contributed by atoms with Crippen LogP contribution in [0.25, 0.3) is 0 Å². The Kier molecular flexibility index (Phi) is 4.76. The van der Waals surface area contributed by atoms with E-state index >= 15 is 0 Å². The number of H-pyrrole nitrogens is 1. The lowest BCUT2D eigenvalue weighted by atomic mass is 10.2. The van der Waals surface area contributed by atoms with Crippen LogP contribution in [0.5, 0.6) is 0 Å². The van der Waals surface area contributed by atoms with Crippen molar-refractivity contribution in [1.29, 1.82) is 0 Å². The largest absolute Gasteiger partial charge is 0.391 e. The maximum absolute atomic E-state index is 11.5. The maximum atomic E-state index is 11.5. The van der Waals surface area contributed by atoms with Gasteiger partial charge in [0, 0.05) is 0 Å². The molecular weight excluding hydrogens is 299 g/mol. The minimum absolute atomic E-state index is 0.0393. The molecule has 1 aromatic rings. The number of aromatic amines is 1. The van der Waals surface area contributed by atoms with E-state index in [0.29, 0.717) is 12.8 Å². The van der Waals surface area contributed by atoms with E-state index in [1.165, 1.54) is 5.82 Å². The van der Waals surface area contributed by atoms with Gasteiger partial charge in [-0.15, -0.1) is 0 Å². The van der Waals surface area contributed by atoms with Crippen molar-refractivity contribution in [3.63, 3.8) is 0 Å². The van der Waals surface area contributed by atoms with Crippen molar-refractivity contribution in [3.8, 4) is 0 Å². The second-order valence-electron chi connectivity index (χ2n) is 4.46. The molecule has 1 aliphatic rings. The van der Waals surface area contributed by atoms with Crippen LogP contribution in [-0.2, 0) is 4.74 Å². The second kappa shape index (κ2) is 6.37. The Morgan fingerprint density at radius 1 is 1.43 bits per heavy atom. The number of nitrogens with zero attached hydrogens (tertiary/aromatic N) is 2. The molecule has 1 fully saturated rings. The highest BCUT2D eigenvalue weighted by Crippen LogP contribution is 2.30. The average Bonchev–Trinajstić information content (AvgIpc) is 2.88. The van der Waals surface area contributed by atoms with Gasteiger partial charge in [0.1, 0.15) is 11.9 Å². The number of hydrazine groups is 1. The lowest BCUT2D eigenvalue weighted by Crippen LogP contribution is -2.43. The van der Waals surface area contributed by atoms with Crippen LogP contribution in [-0.4, -0.2) is 32.1 Å². The molecule has 2 rings (SSSR count). The molecule has 1 aromatic heterocycles. The van der Waals surface area contributed by atoms with Crippen molar-refractivity contribution in [2.24, 2.45) is 5.84 Å². The van der Waals surface area contributed by atoms with Gasteiger partial charge in [-0.1, -0.05) is 6.08 Å². The van der Waals surface area contributed by atoms with E-state index in [1.807, 2.05) is 0 Å². The molecule has 0 bridgehead atoms. The Bertz CT molecular complexity index is 591. The number of nitrogens with two attached hydrogens (primary N) is 3. The fourth-order valence-electron chi connectivity index (χ4n) is 1.98. The van der Waals surface area contributed by atoms with Crippen LogP contribution < -0.4 is 27.9 Å². The van der Waals surface area contributed by atoms with E-state index in [2.05, 4.69) is 9.97 Å². The Morgan fingerprint density at radius 2 is 2.14 bits per heavy atom. The van der Waals surface area contributed by atoms with Crippen molar-refractivity contribution in [2.45, 2.75) is 25.2 Å². The van der Waals surface area contributed by atoms with Crippen LogP contribution in [0, 0.1) is 0 Å². The van der Waals surface area contributed by atoms with Gasteiger partial charge in [-0.3, -0.25) is 14.8 Å². The molecule has 0 radical (unpaired) electrons. The summed E-state index contributed by atoms with van der Waals surface area (Å²) in [6.07, 6.45) is 1.91. The summed E-state index contributed by atoms with van der Waals surface area (Å²) in [6.45, 7) is 0. The molecule has 2 atom stereocenters. The molecule has 0 aromatic carbocycles. The summed E-state index contributed by atoms with van der Waals surface area (Å²) in [6, 6.07) is 0. The molecule has 11 heteroatoms. The number of hydrogen-bond acceptors (Lipinski definition) is 9. The first kappa shape index (κ1) is 15.7. The third kappa shape index (κ3) is 3.69. The number of ether oxygens (including phenoxy) is 1. The predicted molar refractivity (Wildman–Crippen MR) is 78.7 cm³/mol. The van der Waals surface area contributed by atoms with E-state index in [9.17, 15) is 4.79 Å². The van der Waals surface area contributed by atoms with Gasteiger partial charge >= 0.3 is 0 Å². The number of nitrogen functional groups attached to an aromatic ring is 2. The third-order valence-electron chi connectivity index (χ3n) is 2.97. The fourth-order valence-corrected chi connectivity index (χ4v) is 2.33. The van der Waals surface area contributed by atoms with E-state index in [1.54, 1.807) is 6.08 Å². The van der Waals surface area contributed by atoms with Gasteiger partial charge in [-0.25, -0.2) is 5.84 Å². The zero-order valence-electron chi connectivity index (χ0n) is 11.0. The predicted octanol–water partition coefficient (Wildman–Crippen LogP) is -1.07. The highest BCUT2D eigenvalue weighted by atomic mass is 31.2. The lowest BCUT2D eigenvalue weighted by Gasteiger charge is -2.25. The number of aromatic nitrogens is 2. The van der Waals surface area contributed by atoms with Gasteiger partial charge in [0.2, 0.25) is 5.95 Å². The van der Waals surface area contributed by atoms with Crippen molar-refractivity contribution in [1.82, 2.24) is 9.97 Å². The monoisotopic (exact) mass is 316 g/mol. The highest BCUT2D eigenvalue weighted by Gasteiger charge is 2.29. The van der Waals surface area contributed by atoms with Crippen molar-refractivity contribution in [3.05, 3.63) is 22.2 Å². The zero-order valence-corrected chi connectivity index (χ0v) is 11.9. The summed E-state index contributed by atoms with van der Waals surface area (Å²) in [4.78, 5) is 35.4. The standard InChI is InChI=1S/C10H17N6O4P/c11-7-8(14-10(12)15-9(7)17)16(13)6-2-1-5(20-6)3-4-21(18)19/h3-6,18-19H,1-2,11,13H2,(H3,12,14,15,17)/b4-3+. The van der Waals surface area contributed by atoms with Crippen LogP contribution in [0.4, 0.5) is 17.5 Å². The van der Waals surface area contributed by atoms with Crippen molar-refractivity contribution in [2.75, 3.05) is 16.5 Å². The van der Waals surface area contributed by atoms with E-state index in [0.717, 1.165) is 5.01 Å². The first-order chi connectivity index (χ1) is 9.88. The van der Waals surface area contributed by atoms with Crippen LogP contribution in [0.2, 0.25) is 0 Å². The molecule has 116 valence electrons. The quantitative estimate of drug-likeness (QED) is 0.229. The van der Waals surface area contributed by atoms with Crippen LogP contribution >= 0.6 is 8.38 Å². The van der Waals surface area contributed by atoms with Gasteiger partial charge in [0.15, 0.2) is 14.2 Å². The summed E-state index contributed by atoms with van der Waals surface area (Å²) in [5.74, 6) is 7.10. The Hall–Kier alpha value is -1.71. The number of rotatable bonds is 4. The first-order valence-corrected chi connectivity index (χ1v) is 7.40. The third-order valence-corrected chi connectivity index (χ3v) is 3.41. The Balaban J connectivity index is 2.12. The minimum Gasteiger partial charge on any atom is -0.391 e. The Morgan fingerprint density at radius 3 is 2.81 bits per heavy atom. The summed E-state index contributed by atoms with van der Waals surface area (Å²) in [7, 11) is -2.10. The molecule has 2 unspecified atom stereocenters. The smallest absolute Gasteiger partial charge is 0.277 e. The summed E-state index contributed by atoms with van der Waals surface area (Å²) in [5.41, 5.74) is 10.4. The van der Waals surface area contributed by atoms with Crippen LogP contribution in [0.15, 0.2) is 16.7 Å². The van der Waals surface area contributed by atoms with E-state index in [-0.39, 0.29) is 23.6 Å². The Labute approximate surface area is 121 Å². The van der Waals surface area contributed by atoms with Crippen LogP contribution in [0.1, 0.15) is 12.8 Å². The first-order valence-electron chi connectivity index (χ1n) is 6.08. The molecule has 0 aliphatic carbocycles. The molecule has 0 amide bonds. The van der Waals surface area contributed by atoms with E-state index < -0.39 is 20.2 Å². The molecule has 2 heterocycles. The minimum atomic E-state index is -2.10. The van der Waals surface area contributed by atoms with Gasteiger partial charge in [-0.05, 0) is 18.7 Å². The molecule has 10 nitrogen and oxygen atoms in total. The van der Waals surface area contributed by atoms with Gasteiger partial charge in [0.25, 0.3) is 5.56 Å². The molecule has 1 aliphatic heterocycles. The normalized spacial score (nSPS) is 22.3. The molecule has 21 heavy (non-hydrogen) atoms. The SMILES string of the molecule is Nc1nc(N(N)C2CCC(/C=C/P(O)O)O2)c(N)c(=O)[nH]1. The van der Waals surface area contributed by atoms with Crippen molar-refractivity contribution >= 4 is 25.8 Å². The maximum Gasteiger partial charge on any atom is 0.277 e. The topological polar surface area (TPSA) is 177 Å². The summed E-state index contributed by atoms with van der Waals surface area (Å²) in [5, 5.41) is 1.15.